The van der Waals surface area contributed by atoms with E-state index in [1.54, 1.807) is 36.5 Å². The van der Waals surface area contributed by atoms with Crippen LogP contribution in [0.3, 0.4) is 0 Å². The predicted octanol–water partition coefficient (Wildman–Crippen LogP) is 2.44. The number of nitrogens with one attached hydrogen (secondary N) is 1. The number of rotatable bonds is 11. The number of aliphatic hydroxyl groups is 1. The Labute approximate surface area is 193 Å². The molecule has 2 N–H and O–H groups in total. The van der Waals surface area contributed by atoms with Crippen LogP contribution >= 0.6 is 11.6 Å². The van der Waals surface area contributed by atoms with E-state index in [2.05, 4.69) is 26.7 Å². The average Bonchev–Trinajstić information content (AvgIpc) is 2.80. The Bertz CT molecular complexity index is 855. The van der Waals surface area contributed by atoms with E-state index in [1.165, 1.54) is 0 Å². The van der Waals surface area contributed by atoms with E-state index in [0.29, 0.717) is 36.2 Å². The molecule has 0 bridgehead atoms. The van der Waals surface area contributed by atoms with Crippen molar-refractivity contribution < 1.29 is 19.4 Å². The van der Waals surface area contributed by atoms with Gasteiger partial charge < -0.3 is 24.8 Å². The van der Waals surface area contributed by atoms with Gasteiger partial charge in [0.2, 0.25) is 0 Å². The number of carbonyl (C=O) groups is 1. The fourth-order valence-corrected chi connectivity index (χ4v) is 3.45. The highest BCUT2D eigenvalue weighted by Gasteiger charge is 2.20. The molecule has 8 nitrogen and oxygen atoms in total. The summed E-state index contributed by atoms with van der Waals surface area (Å²) in [4.78, 5) is 21.0. The summed E-state index contributed by atoms with van der Waals surface area (Å²) in [6, 6.07) is 10.6. The van der Waals surface area contributed by atoms with Crippen molar-refractivity contribution >= 4 is 29.0 Å². The van der Waals surface area contributed by atoms with Gasteiger partial charge in [-0.1, -0.05) is 17.7 Å². The first-order valence-electron chi connectivity index (χ1n) is 10.5. The number of pyridine rings is 1. The topological polar surface area (TPSA) is 87.2 Å². The molecular formula is C23H29ClN4O4. The molecule has 2 heterocycles. The van der Waals surface area contributed by atoms with Crippen molar-refractivity contribution in [1.29, 1.82) is 0 Å². The van der Waals surface area contributed by atoms with E-state index in [0.717, 1.165) is 32.0 Å². The third kappa shape index (κ3) is 7.80. The second-order valence-electron chi connectivity index (χ2n) is 7.46. The molecule has 1 aliphatic heterocycles. The minimum atomic E-state index is -0.508. The van der Waals surface area contributed by atoms with Crippen LogP contribution in [0.5, 0.6) is 5.75 Å². The number of amides is 1. The molecule has 1 aromatic heterocycles. The normalized spacial score (nSPS) is 15.2. The number of β-amino-alcohol motifs (C(OH)–C–C–N with tert-alkyl or cyclic N) is 1. The quantitative estimate of drug-likeness (QED) is 0.393. The number of carbonyl (C=O) groups excluding carboxylic acids is 1. The van der Waals surface area contributed by atoms with E-state index >= 15 is 0 Å². The summed E-state index contributed by atoms with van der Waals surface area (Å²) in [5.41, 5.74) is 0.611. The fraction of sp³-hybridized carbons (Fsp3) is 0.391. The molecule has 1 aliphatic rings. The van der Waals surface area contributed by atoms with Crippen molar-refractivity contribution in [2.75, 3.05) is 62.8 Å². The number of ether oxygens (including phenoxy) is 2. The number of aliphatic hydroxyl groups excluding tert-OH is 1. The lowest BCUT2D eigenvalue weighted by molar-refractivity contribution is -0.118. The lowest BCUT2D eigenvalue weighted by atomic mass is 10.2. The van der Waals surface area contributed by atoms with E-state index in [-0.39, 0.29) is 12.5 Å². The Morgan fingerprint density at radius 3 is 2.62 bits per heavy atom. The van der Waals surface area contributed by atoms with Crippen LogP contribution in [0.15, 0.2) is 55.3 Å². The molecule has 0 spiro atoms. The van der Waals surface area contributed by atoms with Gasteiger partial charge in [-0.05, 0) is 36.4 Å². The van der Waals surface area contributed by atoms with Gasteiger partial charge >= 0.3 is 0 Å². The van der Waals surface area contributed by atoms with Crippen LogP contribution in [0.4, 0.5) is 11.5 Å². The number of piperazine rings is 1. The highest BCUT2D eigenvalue weighted by molar-refractivity contribution is 6.30. The molecule has 1 unspecified atom stereocenters. The van der Waals surface area contributed by atoms with Crippen molar-refractivity contribution in [3.63, 3.8) is 0 Å². The lowest BCUT2D eigenvalue weighted by Crippen LogP contribution is -2.49. The van der Waals surface area contributed by atoms with Crippen LogP contribution in [-0.4, -0.2) is 79.5 Å². The van der Waals surface area contributed by atoms with Gasteiger partial charge in [-0.3, -0.25) is 9.69 Å². The molecule has 2 aromatic rings. The SMILES string of the molecule is C=CCOCC(O)CN1CCN(c2ccc(NC(=O)COc3ccc(Cl)cc3)cn2)CC1. The Kier molecular flexibility index (Phi) is 9.30. The minimum absolute atomic E-state index is 0.101. The Balaban J connectivity index is 1.39. The number of hydrogen-bond donors (Lipinski definition) is 2. The van der Waals surface area contributed by atoms with Gasteiger partial charge in [-0.25, -0.2) is 4.98 Å². The zero-order valence-corrected chi connectivity index (χ0v) is 18.7. The van der Waals surface area contributed by atoms with E-state index in [1.807, 2.05) is 12.1 Å². The third-order valence-electron chi connectivity index (χ3n) is 4.93. The maximum atomic E-state index is 12.1. The van der Waals surface area contributed by atoms with E-state index in [9.17, 15) is 9.90 Å². The maximum absolute atomic E-state index is 12.1. The largest absolute Gasteiger partial charge is 0.484 e. The standard InChI is InChI=1S/C23H29ClN4O4/c1-2-13-31-16-20(29)15-27-9-11-28(12-10-27)22-8-5-19(14-25-22)26-23(30)17-32-21-6-3-18(24)4-7-21/h2-8,14,20,29H,1,9-13,15-17H2,(H,26,30). The monoisotopic (exact) mass is 460 g/mol. The first-order valence-corrected chi connectivity index (χ1v) is 10.9. The zero-order valence-electron chi connectivity index (χ0n) is 18.0. The predicted molar refractivity (Wildman–Crippen MR) is 125 cm³/mol. The summed E-state index contributed by atoms with van der Waals surface area (Å²) in [7, 11) is 0. The second-order valence-corrected chi connectivity index (χ2v) is 7.90. The molecule has 172 valence electrons. The molecule has 32 heavy (non-hydrogen) atoms. The van der Waals surface area contributed by atoms with Gasteiger partial charge in [0.05, 0.1) is 31.2 Å². The summed E-state index contributed by atoms with van der Waals surface area (Å²) in [6.07, 6.45) is 2.80. The molecule has 1 atom stereocenters. The highest BCUT2D eigenvalue weighted by atomic mass is 35.5. The molecule has 0 saturated carbocycles. The number of aromatic nitrogens is 1. The summed E-state index contributed by atoms with van der Waals surface area (Å²) >= 11 is 5.83. The Morgan fingerprint density at radius 2 is 1.97 bits per heavy atom. The third-order valence-corrected chi connectivity index (χ3v) is 5.18. The summed E-state index contributed by atoms with van der Waals surface area (Å²) in [5.74, 6) is 1.17. The molecule has 3 rings (SSSR count). The highest BCUT2D eigenvalue weighted by Crippen LogP contribution is 2.17. The molecule has 0 radical (unpaired) electrons. The number of benzene rings is 1. The van der Waals surface area contributed by atoms with Gasteiger partial charge in [0.1, 0.15) is 11.6 Å². The molecule has 9 heteroatoms. The smallest absolute Gasteiger partial charge is 0.262 e. The Hall–Kier alpha value is -2.65. The number of nitrogens with zero attached hydrogens (tertiary/aromatic N) is 3. The van der Waals surface area contributed by atoms with Crippen molar-refractivity contribution in [2.45, 2.75) is 6.10 Å². The van der Waals surface area contributed by atoms with Crippen LogP contribution in [0.2, 0.25) is 5.02 Å². The van der Waals surface area contributed by atoms with Gasteiger partial charge in [-0.15, -0.1) is 6.58 Å². The van der Waals surface area contributed by atoms with Crippen LogP contribution in [0.25, 0.3) is 0 Å². The van der Waals surface area contributed by atoms with Crippen molar-refractivity contribution in [2.24, 2.45) is 0 Å². The van der Waals surface area contributed by atoms with Crippen molar-refractivity contribution in [3.8, 4) is 5.75 Å². The molecule has 1 fully saturated rings. The summed E-state index contributed by atoms with van der Waals surface area (Å²) in [6.45, 7) is 8.13. The van der Waals surface area contributed by atoms with Crippen LogP contribution in [0, 0.1) is 0 Å². The lowest BCUT2D eigenvalue weighted by Gasteiger charge is -2.36. The first kappa shape index (κ1) is 24.0. The van der Waals surface area contributed by atoms with Crippen LogP contribution < -0.4 is 15.0 Å². The summed E-state index contributed by atoms with van der Waals surface area (Å²) in [5, 5.41) is 13.4. The molecule has 0 aliphatic carbocycles. The fourth-order valence-electron chi connectivity index (χ4n) is 3.32. The first-order chi connectivity index (χ1) is 15.5. The Morgan fingerprint density at radius 1 is 1.22 bits per heavy atom. The minimum Gasteiger partial charge on any atom is -0.484 e. The second kappa shape index (κ2) is 12.4. The zero-order chi connectivity index (χ0) is 22.8. The number of halogens is 1. The molecule has 1 amide bonds. The average molecular weight is 461 g/mol. The number of hydrogen-bond acceptors (Lipinski definition) is 7. The van der Waals surface area contributed by atoms with Gasteiger partial charge in [0, 0.05) is 37.7 Å². The van der Waals surface area contributed by atoms with Gasteiger partial charge in [-0.2, -0.15) is 0 Å². The van der Waals surface area contributed by atoms with Gasteiger partial charge in [0.25, 0.3) is 5.91 Å². The van der Waals surface area contributed by atoms with Crippen LogP contribution in [0.1, 0.15) is 0 Å². The van der Waals surface area contributed by atoms with Crippen molar-refractivity contribution in [3.05, 3.63) is 60.3 Å². The van der Waals surface area contributed by atoms with Crippen LogP contribution in [-0.2, 0) is 9.53 Å². The van der Waals surface area contributed by atoms with E-state index in [4.69, 9.17) is 21.1 Å². The van der Waals surface area contributed by atoms with Crippen molar-refractivity contribution in [1.82, 2.24) is 9.88 Å². The molecule has 1 aromatic carbocycles. The van der Waals surface area contributed by atoms with Gasteiger partial charge in [0.15, 0.2) is 6.61 Å². The number of anilines is 2. The molecule has 1 saturated heterocycles. The maximum Gasteiger partial charge on any atom is 0.262 e. The molecular weight excluding hydrogens is 432 g/mol. The van der Waals surface area contributed by atoms with E-state index < -0.39 is 6.10 Å². The summed E-state index contributed by atoms with van der Waals surface area (Å²) < 4.78 is 10.7.